The Kier molecular flexibility index (Phi) is 5.28. The Balaban J connectivity index is 1.88. The minimum absolute atomic E-state index is 0.181. The number of hydrogen-bond acceptors (Lipinski definition) is 2. The summed E-state index contributed by atoms with van der Waals surface area (Å²) in [7, 11) is 0. The van der Waals surface area contributed by atoms with Crippen molar-refractivity contribution >= 4 is 0 Å². The van der Waals surface area contributed by atoms with Gasteiger partial charge in [-0.25, -0.2) is 0 Å². The van der Waals surface area contributed by atoms with Crippen molar-refractivity contribution in [2.75, 3.05) is 0 Å². The van der Waals surface area contributed by atoms with Crippen molar-refractivity contribution in [3.8, 4) is 5.75 Å². The molecule has 1 atom stereocenters. The summed E-state index contributed by atoms with van der Waals surface area (Å²) in [4.78, 5) is 0. The highest BCUT2D eigenvalue weighted by Crippen LogP contribution is 2.17. The maximum absolute atomic E-state index is 12.1. The summed E-state index contributed by atoms with van der Waals surface area (Å²) >= 11 is 0. The zero-order valence-electron chi connectivity index (χ0n) is 12.1. The van der Waals surface area contributed by atoms with Crippen LogP contribution in [0.5, 0.6) is 5.75 Å². The molecule has 0 radical (unpaired) electrons. The van der Waals surface area contributed by atoms with Crippen LogP contribution in [-0.4, -0.2) is 6.61 Å². The first-order valence-corrected chi connectivity index (χ1v) is 6.88. The molecular formula is C17H19F2NO. The molecule has 0 aromatic heterocycles. The number of nitrogens with one attached hydrogen (secondary N) is 1. The third-order valence-corrected chi connectivity index (χ3v) is 3.34. The lowest BCUT2D eigenvalue weighted by Crippen LogP contribution is -2.18. The molecule has 112 valence electrons. The average molecular weight is 291 g/mol. The van der Waals surface area contributed by atoms with Gasteiger partial charge >= 0.3 is 6.61 Å². The van der Waals surface area contributed by atoms with E-state index >= 15 is 0 Å². The number of aryl methyl sites for hydroxylation is 1. The van der Waals surface area contributed by atoms with Gasteiger partial charge in [0.25, 0.3) is 0 Å². The Bertz CT molecular complexity index is 552. The van der Waals surface area contributed by atoms with Crippen LogP contribution in [-0.2, 0) is 6.54 Å². The van der Waals surface area contributed by atoms with Crippen LogP contribution >= 0.6 is 0 Å². The zero-order valence-corrected chi connectivity index (χ0v) is 12.1. The van der Waals surface area contributed by atoms with Crippen LogP contribution in [0.3, 0.4) is 0 Å². The van der Waals surface area contributed by atoms with E-state index in [1.54, 1.807) is 24.3 Å². The molecule has 1 N–H and O–H groups in total. The largest absolute Gasteiger partial charge is 0.435 e. The Labute approximate surface area is 123 Å². The molecule has 0 bridgehead atoms. The van der Waals surface area contributed by atoms with Gasteiger partial charge in [0.2, 0.25) is 0 Å². The van der Waals surface area contributed by atoms with Crippen molar-refractivity contribution in [1.82, 2.24) is 5.32 Å². The van der Waals surface area contributed by atoms with Crippen molar-refractivity contribution in [2.45, 2.75) is 33.0 Å². The van der Waals surface area contributed by atoms with Gasteiger partial charge in [-0.05, 0) is 37.1 Å². The van der Waals surface area contributed by atoms with E-state index in [1.165, 1.54) is 11.1 Å². The maximum atomic E-state index is 12.1. The summed E-state index contributed by atoms with van der Waals surface area (Å²) < 4.78 is 28.4. The molecule has 2 nitrogen and oxygen atoms in total. The van der Waals surface area contributed by atoms with E-state index in [1.807, 2.05) is 0 Å². The second kappa shape index (κ2) is 7.18. The second-order valence-corrected chi connectivity index (χ2v) is 5.04. The van der Waals surface area contributed by atoms with Crippen LogP contribution in [0.1, 0.15) is 29.7 Å². The lowest BCUT2D eigenvalue weighted by molar-refractivity contribution is -0.0498. The molecule has 0 saturated heterocycles. The van der Waals surface area contributed by atoms with Gasteiger partial charge in [-0.15, -0.1) is 0 Å². The lowest BCUT2D eigenvalue weighted by Gasteiger charge is -2.15. The van der Waals surface area contributed by atoms with Crippen LogP contribution in [0.25, 0.3) is 0 Å². The van der Waals surface area contributed by atoms with Crippen molar-refractivity contribution in [3.05, 3.63) is 65.2 Å². The van der Waals surface area contributed by atoms with Crippen molar-refractivity contribution < 1.29 is 13.5 Å². The van der Waals surface area contributed by atoms with Gasteiger partial charge in [-0.2, -0.15) is 8.78 Å². The first-order valence-electron chi connectivity index (χ1n) is 6.88. The Morgan fingerprint density at radius 2 is 1.62 bits per heavy atom. The van der Waals surface area contributed by atoms with Crippen LogP contribution in [0, 0.1) is 6.92 Å². The summed E-state index contributed by atoms with van der Waals surface area (Å²) in [6, 6.07) is 15.3. The minimum Gasteiger partial charge on any atom is -0.435 e. The summed E-state index contributed by atoms with van der Waals surface area (Å²) in [6.45, 7) is 2.05. The molecule has 0 fully saturated rings. The van der Waals surface area contributed by atoms with Crippen molar-refractivity contribution in [2.24, 2.45) is 0 Å². The predicted octanol–water partition coefficient (Wildman–Crippen LogP) is 4.45. The number of halogens is 2. The summed E-state index contributed by atoms with van der Waals surface area (Å²) in [5.41, 5.74) is 3.48. The highest BCUT2D eigenvalue weighted by atomic mass is 19.3. The molecular weight excluding hydrogens is 272 g/mol. The fourth-order valence-electron chi connectivity index (χ4n) is 2.03. The van der Waals surface area contributed by atoms with Crippen LogP contribution in [0.2, 0.25) is 0 Å². The van der Waals surface area contributed by atoms with Gasteiger partial charge in [0.1, 0.15) is 5.75 Å². The first kappa shape index (κ1) is 15.4. The van der Waals surface area contributed by atoms with Crippen molar-refractivity contribution in [1.29, 1.82) is 0 Å². The number of ether oxygens (including phenoxy) is 1. The lowest BCUT2D eigenvalue weighted by atomic mass is 10.1. The molecule has 4 heteroatoms. The topological polar surface area (TPSA) is 21.3 Å². The first-order chi connectivity index (χ1) is 10.0. The van der Waals surface area contributed by atoms with Crippen LogP contribution in [0.15, 0.2) is 48.5 Å². The standard InChI is InChI=1S/C17H19F2NO/c1-12-3-7-15(8-4-12)13(2)20-11-14-5-9-16(10-6-14)21-17(18)19/h3-10,13,17,20H,11H2,1-2H3/t13-/m0/s1. The smallest absolute Gasteiger partial charge is 0.387 e. The monoisotopic (exact) mass is 291 g/mol. The molecule has 0 amide bonds. The molecule has 0 heterocycles. The molecule has 2 rings (SSSR count). The third-order valence-electron chi connectivity index (χ3n) is 3.34. The zero-order chi connectivity index (χ0) is 15.2. The normalized spacial score (nSPS) is 12.4. The van der Waals surface area contributed by atoms with E-state index in [0.29, 0.717) is 6.54 Å². The van der Waals surface area contributed by atoms with E-state index in [9.17, 15) is 8.78 Å². The van der Waals surface area contributed by atoms with Gasteiger partial charge in [0, 0.05) is 12.6 Å². The number of alkyl halides is 2. The van der Waals surface area contributed by atoms with E-state index in [2.05, 4.69) is 48.2 Å². The SMILES string of the molecule is Cc1ccc([C@H](C)NCc2ccc(OC(F)F)cc2)cc1. The summed E-state index contributed by atoms with van der Waals surface area (Å²) in [5, 5.41) is 3.41. The number of rotatable bonds is 6. The highest BCUT2D eigenvalue weighted by molar-refractivity contribution is 5.28. The third kappa shape index (κ3) is 4.83. The van der Waals surface area contributed by atoms with Crippen molar-refractivity contribution in [3.63, 3.8) is 0 Å². The Hall–Kier alpha value is -1.94. The molecule has 21 heavy (non-hydrogen) atoms. The number of benzene rings is 2. The molecule has 0 spiro atoms. The summed E-state index contributed by atoms with van der Waals surface area (Å²) in [6.07, 6.45) is 0. The van der Waals surface area contributed by atoms with Gasteiger partial charge in [0.05, 0.1) is 0 Å². The van der Waals surface area contributed by atoms with E-state index in [4.69, 9.17) is 0 Å². The fourth-order valence-corrected chi connectivity index (χ4v) is 2.03. The molecule has 0 aliphatic rings. The highest BCUT2D eigenvalue weighted by Gasteiger charge is 2.06. The Morgan fingerprint density at radius 1 is 1.00 bits per heavy atom. The second-order valence-electron chi connectivity index (χ2n) is 5.04. The predicted molar refractivity (Wildman–Crippen MR) is 79.5 cm³/mol. The number of hydrogen-bond donors (Lipinski definition) is 1. The van der Waals surface area contributed by atoms with Gasteiger partial charge < -0.3 is 10.1 Å². The molecule has 0 saturated carbocycles. The minimum atomic E-state index is -2.78. The molecule has 0 aliphatic carbocycles. The van der Waals surface area contributed by atoms with Gasteiger partial charge in [0.15, 0.2) is 0 Å². The van der Waals surface area contributed by atoms with E-state index in [0.717, 1.165) is 5.56 Å². The summed E-state index contributed by atoms with van der Waals surface area (Å²) in [5.74, 6) is 0.181. The van der Waals surface area contributed by atoms with Crippen LogP contribution < -0.4 is 10.1 Å². The average Bonchev–Trinajstić information content (AvgIpc) is 2.46. The van der Waals surface area contributed by atoms with Crippen LogP contribution in [0.4, 0.5) is 8.78 Å². The maximum Gasteiger partial charge on any atom is 0.387 e. The molecule has 2 aromatic carbocycles. The van der Waals surface area contributed by atoms with E-state index < -0.39 is 6.61 Å². The fraction of sp³-hybridized carbons (Fsp3) is 0.294. The molecule has 0 unspecified atom stereocenters. The van der Waals surface area contributed by atoms with E-state index in [-0.39, 0.29) is 11.8 Å². The molecule has 2 aromatic rings. The van der Waals surface area contributed by atoms with Gasteiger partial charge in [-0.3, -0.25) is 0 Å². The Morgan fingerprint density at radius 3 is 2.19 bits per heavy atom. The molecule has 0 aliphatic heterocycles. The quantitative estimate of drug-likeness (QED) is 0.849. The van der Waals surface area contributed by atoms with Gasteiger partial charge in [-0.1, -0.05) is 42.0 Å².